The molecule has 0 aliphatic carbocycles. The molecule has 4 aromatic rings. The van der Waals surface area contributed by atoms with Crippen LogP contribution >= 0.6 is 45.3 Å². The van der Waals surface area contributed by atoms with Crippen LogP contribution in [0.4, 0.5) is 0 Å². The molecule has 4 rings (SSSR count). The molecule has 4 heterocycles. The smallest absolute Gasteiger partial charge is 0.152 e. The molecule has 0 amide bonds. The van der Waals surface area contributed by atoms with Gasteiger partial charge in [-0.25, -0.2) is 9.97 Å². The number of thiophene rings is 2. The Morgan fingerprint density at radius 3 is 0.981 bits per heavy atom. The maximum absolute atomic E-state index is 4.87. The van der Waals surface area contributed by atoms with Crippen molar-refractivity contribution in [2.75, 3.05) is 0 Å². The van der Waals surface area contributed by atoms with Gasteiger partial charge in [0.25, 0.3) is 0 Å². The van der Waals surface area contributed by atoms with E-state index in [9.17, 15) is 0 Å². The number of hydrogen-bond donors (Lipinski definition) is 0. The molecule has 0 aromatic carbocycles. The van der Waals surface area contributed by atoms with Crippen molar-refractivity contribution in [3.8, 4) is 29.5 Å². The van der Waals surface area contributed by atoms with Gasteiger partial charge in [0.1, 0.15) is 0 Å². The molecule has 0 radical (unpaired) electrons. The van der Waals surface area contributed by atoms with Crippen LogP contribution < -0.4 is 0 Å². The Balaban J connectivity index is 1.09. The third-order valence-electron chi connectivity index (χ3n) is 10.7. The monoisotopic (exact) mass is 780 g/mol. The minimum Gasteiger partial charge on any atom is -0.241 e. The van der Waals surface area contributed by atoms with Crippen molar-refractivity contribution in [3.63, 3.8) is 0 Å². The second-order valence-electron chi connectivity index (χ2n) is 15.3. The van der Waals surface area contributed by atoms with E-state index >= 15 is 0 Å². The van der Waals surface area contributed by atoms with Crippen LogP contribution in [-0.2, 0) is 12.8 Å². The summed E-state index contributed by atoms with van der Waals surface area (Å²) in [5.74, 6) is 0. The van der Waals surface area contributed by atoms with E-state index in [0.717, 1.165) is 10.0 Å². The van der Waals surface area contributed by atoms with Crippen LogP contribution in [0.1, 0.15) is 205 Å². The summed E-state index contributed by atoms with van der Waals surface area (Å²) < 4.78 is 0. The average Bonchev–Trinajstić information content (AvgIpc) is 3.99. The van der Waals surface area contributed by atoms with Crippen LogP contribution in [0.3, 0.4) is 0 Å². The van der Waals surface area contributed by atoms with Crippen molar-refractivity contribution in [1.82, 2.24) is 9.97 Å². The van der Waals surface area contributed by atoms with Crippen molar-refractivity contribution in [3.05, 3.63) is 46.4 Å². The van der Waals surface area contributed by atoms with Crippen molar-refractivity contribution in [2.24, 2.45) is 0 Å². The molecule has 52 heavy (non-hydrogen) atoms. The number of aromatic nitrogens is 2. The van der Waals surface area contributed by atoms with Gasteiger partial charge < -0.3 is 0 Å². The Labute approximate surface area is 335 Å². The van der Waals surface area contributed by atoms with Gasteiger partial charge in [0.2, 0.25) is 0 Å². The molecule has 0 fully saturated rings. The van der Waals surface area contributed by atoms with E-state index in [1.54, 1.807) is 0 Å². The summed E-state index contributed by atoms with van der Waals surface area (Å²) in [6, 6.07) is 4.69. The third-order valence-corrected chi connectivity index (χ3v) is 15.1. The second kappa shape index (κ2) is 28.1. The van der Waals surface area contributed by atoms with Gasteiger partial charge in [-0.3, -0.25) is 0 Å². The van der Waals surface area contributed by atoms with Crippen LogP contribution in [0.2, 0.25) is 0 Å². The quantitative estimate of drug-likeness (QED) is 0.0450. The summed E-state index contributed by atoms with van der Waals surface area (Å²) >= 11 is 7.39. The normalized spacial score (nSPS) is 11.7. The number of thiazole rings is 2. The highest BCUT2D eigenvalue weighted by atomic mass is 32.1. The molecule has 2 nitrogen and oxygen atoms in total. The van der Waals surface area contributed by atoms with Gasteiger partial charge in [-0.2, -0.15) is 0 Å². The fourth-order valence-electron chi connectivity index (χ4n) is 7.47. The fraction of sp³-hybridized carbons (Fsp3) is 0.696. The molecule has 0 saturated heterocycles. The van der Waals surface area contributed by atoms with Crippen molar-refractivity contribution >= 4 is 45.3 Å². The van der Waals surface area contributed by atoms with E-state index in [4.69, 9.17) is 9.97 Å². The Kier molecular flexibility index (Phi) is 23.5. The molecule has 4 aromatic heterocycles. The van der Waals surface area contributed by atoms with Gasteiger partial charge in [0.15, 0.2) is 10.0 Å². The minimum atomic E-state index is 1.06. The van der Waals surface area contributed by atoms with E-state index in [1.165, 1.54) is 223 Å². The van der Waals surface area contributed by atoms with E-state index in [2.05, 4.69) is 49.1 Å². The molecular formula is C46H72N2S4. The van der Waals surface area contributed by atoms with Gasteiger partial charge in [0.05, 0.1) is 9.75 Å². The fourth-order valence-corrected chi connectivity index (χ4v) is 11.5. The predicted molar refractivity (Wildman–Crippen MR) is 238 cm³/mol. The zero-order valence-corrected chi connectivity index (χ0v) is 36.5. The number of unbranched alkanes of at least 4 members (excludes halogenated alkanes) is 26. The lowest BCUT2D eigenvalue weighted by atomic mass is 10.0. The first-order valence-electron chi connectivity index (χ1n) is 21.9. The molecule has 0 unspecified atom stereocenters. The van der Waals surface area contributed by atoms with Gasteiger partial charge in [-0.15, -0.1) is 45.3 Å². The Hall–Kier alpha value is -1.34. The van der Waals surface area contributed by atoms with Crippen LogP contribution in [-0.4, -0.2) is 9.97 Å². The summed E-state index contributed by atoms with van der Waals surface area (Å²) in [5, 5.41) is 6.66. The van der Waals surface area contributed by atoms with Crippen molar-refractivity contribution in [2.45, 2.75) is 206 Å². The molecule has 0 saturated carbocycles. The first-order valence-corrected chi connectivity index (χ1v) is 25.2. The highest BCUT2D eigenvalue weighted by Crippen LogP contribution is 2.41. The zero-order chi connectivity index (χ0) is 36.3. The molecular weight excluding hydrogens is 709 g/mol. The number of aryl methyl sites for hydroxylation is 2. The third kappa shape index (κ3) is 17.0. The highest BCUT2D eigenvalue weighted by molar-refractivity contribution is 7.27. The summed E-state index contributed by atoms with van der Waals surface area (Å²) in [6.45, 7) is 4.60. The Morgan fingerprint density at radius 1 is 0.385 bits per heavy atom. The molecule has 0 spiro atoms. The molecule has 0 aliphatic heterocycles. The number of nitrogens with zero attached hydrogens (tertiary/aromatic N) is 2. The van der Waals surface area contributed by atoms with Crippen molar-refractivity contribution < 1.29 is 0 Å². The van der Waals surface area contributed by atoms with Crippen LogP contribution in [0.25, 0.3) is 29.5 Å². The molecule has 0 bridgehead atoms. The number of hydrogen-bond acceptors (Lipinski definition) is 6. The summed E-state index contributed by atoms with van der Waals surface area (Å²) in [4.78, 5) is 15.2. The molecule has 0 N–H and O–H groups in total. The maximum Gasteiger partial charge on any atom is 0.152 e. The largest absolute Gasteiger partial charge is 0.241 e. The van der Waals surface area contributed by atoms with Crippen molar-refractivity contribution in [1.29, 1.82) is 0 Å². The zero-order valence-electron chi connectivity index (χ0n) is 33.2. The lowest BCUT2D eigenvalue weighted by Gasteiger charge is -2.04. The standard InChI is InChI=1S/C46H72N2S4/c1-3-5-7-9-11-13-15-17-19-21-23-25-27-29-31-39-33-35-49-43(39)41-37-47-45(51-41)46-48-38-42(52-46)44-40(34-36-50-44)32-30-28-26-24-22-20-18-16-14-12-10-8-6-4-2/h33-38H,3-32H2,1-2H3. The highest BCUT2D eigenvalue weighted by Gasteiger charge is 2.16. The van der Waals surface area contributed by atoms with E-state index in [0.29, 0.717) is 0 Å². The first kappa shape index (κ1) is 43.4. The Morgan fingerprint density at radius 2 is 0.673 bits per heavy atom. The SMILES string of the molecule is CCCCCCCCCCCCCCCCc1ccsc1-c1cnc(-c2ncc(-c3sccc3CCCCCCCCCCCCCCCC)s2)s1. The van der Waals surface area contributed by atoms with E-state index in [-0.39, 0.29) is 0 Å². The maximum atomic E-state index is 4.87. The van der Waals surface area contributed by atoms with Gasteiger partial charge >= 0.3 is 0 Å². The lowest BCUT2D eigenvalue weighted by Crippen LogP contribution is -1.86. The first-order chi connectivity index (χ1) is 25.8. The molecule has 0 aliphatic rings. The van der Waals surface area contributed by atoms with Crippen LogP contribution in [0.5, 0.6) is 0 Å². The molecule has 0 atom stereocenters. The topological polar surface area (TPSA) is 25.8 Å². The van der Waals surface area contributed by atoms with Gasteiger partial charge in [-0.05, 0) is 59.7 Å². The van der Waals surface area contributed by atoms with E-state index in [1.807, 2.05) is 45.3 Å². The average molecular weight is 781 g/mol. The lowest BCUT2D eigenvalue weighted by molar-refractivity contribution is 0.535. The summed E-state index contributed by atoms with van der Waals surface area (Å²) in [6.07, 6.45) is 46.1. The Bertz CT molecular complexity index is 1300. The minimum absolute atomic E-state index is 1.06. The predicted octanol–water partition coefficient (Wildman–Crippen LogP) is 17.8. The molecule has 6 heteroatoms. The number of rotatable bonds is 33. The summed E-state index contributed by atoms with van der Waals surface area (Å²) in [7, 11) is 0. The molecule has 290 valence electrons. The van der Waals surface area contributed by atoms with Gasteiger partial charge in [0, 0.05) is 22.1 Å². The van der Waals surface area contributed by atoms with E-state index < -0.39 is 0 Å². The van der Waals surface area contributed by atoms with Gasteiger partial charge in [-0.1, -0.05) is 181 Å². The van der Waals surface area contributed by atoms with Crippen LogP contribution in [0, 0.1) is 0 Å². The summed E-state index contributed by atoms with van der Waals surface area (Å²) in [5.41, 5.74) is 3.01. The second-order valence-corrected chi connectivity index (χ2v) is 19.2. The van der Waals surface area contributed by atoms with Crippen LogP contribution in [0.15, 0.2) is 35.3 Å².